The van der Waals surface area contributed by atoms with Crippen molar-refractivity contribution in [3.8, 4) is 0 Å². The van der Waals surface area contributed by atoms with E-state index in [0.29, 0.717) is 6.54 Å². The molecule has 6 nitrogen and oxygen atoms in total. The Morgan fingerprint density at radius 2 is 2.36 bits per heavy atom. The summed E-state index contributed by atoms with van der Waals surface area (Å²) in [4.78, 5) is 0. The van der Waals surface area contributed by atoms with Crippen LogP contribution in [0.2, 0.25) is 0 Å². The third kappa shape index (κ3) is 3.04. The highest BCUT2D eigenvalue weighted by Crippen LogP contribution is 2.01. The van der Waals surface area contributed by atoms with Gasteiger partial charge in [-0.05, 0) is 30.3 Å². The number of aryl methyl sites for hydroxylation is 1. The lowest BCUT2D eigenvalue weighted by atomic mass is 10.2. The van der Waals surface area contributed by atoms with Crippen LogP contribution in [-0.2, 0) is 17.7 Å². The minimum absolute atomic E-state index is 0.137. The Balaban J connectivity index is 2.53. The van der Waals surface area contributed by atoms with Gasteiger partial charge >= 0.3 is 0 Å². The molecule has 80 valence electrons. The second-order valence-corrected chi connectivity index (χ2v) is 3.21. The van der Waals surface area contributed by atoms with Crippen LogP contribution < -0.4 is 5.73 Å². The first kappa shape index (κ1) is 11.1. The molecular formula is C8H17N5O. The Labute approximate surface area is 83.4 Å². The molecule has 0 aliphatic carbocycles. The van der Waals surface area contributed by atoms with E-state index in [4.69, 9.17) is 10.5 Å². The average Bonchev–Trinajstić information content (AvgIpc) is 2.62. The summed E-state index contributed by atoms with van der Waals surface area (Å²) >= 11 is 0. The minimum atomic E-state index is 0.137. The van der Waals surface area contributed by atoms with E-state index >= 15 is 0 Å². The summed E-state index contributed by atoms with van der Waals surface area (Å²) in [7, 11) is 1.68. The lowest BCUT2D eigenvalue weighted by Gasteiger charge is -2.08. The van der Waals surface area contributed by atoms with Gasteiger partial charge in [-0.2, -0.15) is 0 Å². The fourth-order valence-corrected chi connectivity index (χ4v) is 1.12. The van der Waals surface area contributed by atoms with E-state index in [1.165, 1.54) is 0 Å². The van der Waals surface area contributed by atoms with Crippen molar-refractivity contribution >= 4 is 0 Å². The van der Waals surface area contributed by atoms with Crippen LogP contribution in [0.3, 0.4) is 0 Å². The number of nitrogens with zero attached hydrogens (tertiary/aromatic N) is 4. The molecule has 0 fully saturated rings. The first-order valence-corrected chi connectivity index (χ1v) is 4.75. The average molecular weight is 199 g/mol. The van der Waals surface area contributed by atoms with Crippen LogP contribution in [0.25, 0.3) is 0 Å². The van der Waals surface area contributed by atoms with Gasteiger partial charge in [-0.3, -0.25) is 0 Å². The monoisotopic (exact) mass is 199 g/mol. The number of hydrogen-bond donors (Lipinski definition) is 1. The van der Waals surface area contributed by atoms with E-state index in [1.807, 2.05) is 6.92 Å². The molecule has 0 saturated carbocycles. The van der Waals surface area contributed by atoms with Gasteiger partial charge in [-0.25, -0.2) is 4.68 Å². The SMILES string of the molecule is COC(C)Cc1nnnn1CCCN. The molecule has 1 atom stereocenters. The topological polar surface area (TPSA) is 78.9 Å². The Kier molecular flexibility index (Phi) is 4.48. The van der Waals surface area contributed by atoms with Gasteiger partial charge in [0.25, 0.3) is 0 Å². The van der Waals surface area contributed by atoms with Crippen molar-refractivity contribution in [3.63, 3.8) is 0 Å². The van der Waals surface area contributed by atoms with Gasteiger partial charge in [0.15, 0.2) is 5.82 Å². The van der Waals surface area contributed by atoms with Crippen LogP contribution in [0.15, 0.2) is 0 Å². The van der Waals surface area contributed by atoms with Crippen molar-refractivity contribution in [1.29, 1.82) is 0 Å². The normalized spacial score (nSPS) is 13.1. The van der Waals surface area contributed by atoms with E-state index in [1.54, 1.807) is 11.8 Å². The highest BCUT2D eigenvalue weighted by molar-refractivity contribution is 4.83. The fraction of sp³-hybridized carbons (Fsp3) is 0.875. The minimum Gasteiger partial charge on any atom is -0.381 e. The highest BCUT2D eigenvalue weighted by atomic mass is 16.5. The second kappa shape index (κ2) is 5.66. The van der Waals surface area contributed by atoms with Crippen LogP contribution in [0.4, 0.5) is 0 Å². The standard InChI is InChI=1S/C8H17N5O/c1-7(14-2)6-8-10-11-12-13(8)5-3-4-9/h7H,3-6,9H2,1-2H3. The fourth-order valence-electron chi connectivity index (χ4n) is 1.12. The molecule has 14 heavy (non-hydrogen) atoms. The first-order chi connectivity index (χ1) is 6.77. The number of hydrogen-bond acceptors (Lipinski definition) is 5. The van der Waals surface area contributed by atoms with Gasteiger partial charge in [0.1, 0.15) is 0 Å². The zero-order valence-electron chi connectivity index (χ0n) is 8.68. The summed E-state index contributed by atoms with van der Waals surface area (Å²) in [5.74, 6) is 0.854. The van der Waals surface area contributed by atoms with Crippen molar-refractivity contribution in [2.45, 2.75) is 32.4 Å². The maximum atomic E-state index is 5.42. The molecule has 1 unspecified atom stereocenters. The number of nitrogens with two attached hydrogens (primary N) is 1. The largest absolute Gasteiger partial charge is 0.381 e. The van der Waals surface area contributed by atoms with Crippen LogP contribution in [-0.4, -0.2) is 40.0 Å². The summed E-state index contributed by atoms with van der Waals surface area (Å²) in [6, 6.07) is 0. The summed E-state index contributed by atoms with van der Waals surface area (Å²) in [5.41, 5.74) is 5.42. The van der Waals surface area contributed by atoms with Crippen molar-refractivity contribution in [2.75, 3.05) is 13.7 Å². The smallest absolute Gasteiger partial charge is 0.153 e. The molecule has 0 spiro atoms. The van der Waals surface area contributed by atoms with Crippen molar-refractivity contribution in [3.05, 3.63) is 5.82 Å². The molecule has 0 aliphatic rings. The maximum absolute atomic E-state index is 5.42. The predicted octanol–water partition coefficient (Wildman–Crippen LogP) is -0.401. The molecule has 6 heteroatoms. The molecule has 0 saturated heterocycles. The maximum Gasteiger partial charge on any atom is 0.153 e. The third-order valence-electron chi connectivity index (χ3n) is 2.05. The highest BCUT2D eigenvalue weighted by Gasteiger charge is 2.09. The van der Waals surface area contributed by atoms with Gasteiger partial charge < -0.3 is 10.5 Å². The van der Waals surface area contributed by atoms with E-state index < -0.39 is 0 Å². The van der Waals surface area contributed by atoms with Crippen molar-refractivity contribution < 1.29 is 4.74 Å². The number of methoxy groups -OCH3 is 1. The van der Waals surface area contributed by atoms with Gasteiger partial charge in [-0.1, -0.05) is 0 Å². The number of rotatable bonds is 6. The quantitative estimate of drug-likeness (QED) is 0.674. The van der Waals surface area contributed by atoms with Crippen LogP contribution in [0.1, 0.15) is 19.2 Å². The Morgan fingerprint density at radius 1 is 1.57 bits per heavy atom. The van der Waals surface area contributed by atoms with E-state index in [0.717, 1.165) is 25.2 Å². The molecule has 0 aliphatic heterocycles. The second-order valence-electron chi connectivity index (χ2n) is 3.21. The summed E-state index contributed by atoms with van der Waals surface area (Å²) in [5, 5.41) is 11.5. The third-order valence-corrected chi connectivity index (χ3v) is 2.05. The first-order valence-electron chi connectivity index (χ1n) is 4.75. The van der Waals surface area contributed by atoms with E-state index in [-0.39, 0.29) is 6.10 Å². The van der Waals surface area contributed by atoms with Gasteiger partial charge in [-0.15, -0.1) is 5.10 Å². The van der Waals surface area contributed by atoms with Crippen molar-refractivity contribution in [2.24, 2.45) is 5.73 Å². The lowest BCUT2D eigenvalue weighted by molar-refractivity contribution is 0.116. The molecular weight excluding hydrogens is 182 g/mol. The zero-order valence-corrected chi connectivity index (χ0v) is 8.68. The Bertz CT molecular complexity index is 262. The molecule has 0 amide bonds. The summed E-state index contributed by atoms with van der Waals surface area (Å²) in [6.45, 7) is 3.41. The molecule has 1 heterocycles. The van der Waals surface area contributed by atoms with E-state index in [2.05, 4.69) is 15.5 Å². The summed E-state index contributed by atoms with van der Waals surface area (Å²) in [6.07, 6.45) is 1.76. The number of tetrazole rings is 1. The van der Waals surface area contributed by atoms with Gasteiger partial charge in [0, 0.05) is 20.1 Å². The number of aromatic nitrogens is 4. The number of ether oxygens (including phenoxy) is 1. The van der Waals surface area contributed by atoms with E-state index in [9.17, 15) is 0 Å². The van der Waals surface area contributed by atoms with Gasteiger partial charge in [0.05, 0.1) is 6.10 Å². The van der Waals surface area contributed by atoms with Crippen molar-refractivity contribution in [1.82, 2.24) is 20.2 Å². The zero-order chi connectivity index (χ0) is 10.4. The lowest BCUT2D eigenvalue weighted by Crippen LogP contribution is -2.16. The molecule has 0 bridgehead atoms. The molecule has 1 aromatic heterocycles. The molecule has 2 N–H and O–H groups in total. The summed E-state index contributed by atoms with van der Waals surface area (Å²) < 4.78 is 6.93. The molecule has 0 radical (unpaired) electrons. The van der Waals surface area contributed by atoms with Gasteiger partial charge in [0.2, 0.25) is 0 Å². The molecule has 0 aromatic carbocycles. The molecule has 1 aromatic rings. The van der Waals surface area contributed by atoms with Crippen LogP contribution >= 0.6 is 0 Å². The molecule has 1 rings (SSSR count). The van der Waals surface area contributed by atoms with Crippen LogP contribution in [0.5, 0.6) is 0 Å². The van der Waals surface area contributed by atoms with Crippen LogP contribution in [0, 0.1) is 0 Å². The predicted molar refractivity (Wildman–Crippen MR) is 51.7 cm³/mol. The Hall–Kier alpha value is -1.01. The Morgan fingerprint density at radius 3 is 3.00 bits per heavy atom.